The second-order valence-electron chi connectivity index (χ2n) is 4.21. The number of carbonyl (C=O) groups is 1. The van der Waals surface area contributed by atoms with Gasteiger partial charge in [-0.15, -0.1) is 22.7 Å². The van der Waals surface area contributed by atoms with Gasteiger partial charge in [-0.1, -0.05) is 0 Å². The zero-order chi connectivity index (χ0) is 14.0. The Balaban J connectivity index is 2.06. The minimum absolute atomic E-state index is 0.138. The Hall–Kier alpha value is -1.44. The maximum Gasteiger partial charge on any atom is 0.326 e. The van der Waals surface area contributed by atoms with Crippen LogP contribution in [0.4, 0.5) is 5.13 Å². The van der Waals surface area contributed by atoms with Crippen LogP contribution in [0.1, 0.15) is 34.5 Å². The molecule has 0 bridgehead atoms. The Morgan fingerprint density at radius 1 is 1.53 bits per heavy atom. The molecule has 5 nitrogen and oxygen atoms in total. The Morgan fingerprint density at radius 3 is 2.84 bits per heavy atom. The molecule has 2 unspecified atom stereocenters. The van der Waals surface area contributed by atoms with Crippen molar-refractivity contribution in [3.05, 3.63) is 33.0 Å². The van der Waals surface area contributed by atoms with Crippen molar-refractivity contribution in [2.75, 3.05) is 5.32 Å². The number of carboxylic acid groups (broad SMARTS) is 1. The molecule has 4 N–H and O–H groups in total. The molecular formula is C12H15N3O2S2. The lowest BCUT2D eigenvalue weighted by Gasteiger charge is -2.10. The number of hydrogen-bond acceptors (Lipinski definition) is 6. The van der Waals surface area contributed by atoms with Crippen molar-refractivity contribution in [3.8, 4) is 0 Å². The van der Waals surface area contributed by atoms with E-state index in [1.165, 1.54) is 21.1 Å². The van der Waals surface area contributed by atoms with Crippen LogP contribution in [0.15, 0.2) is 17.5 Å². The lowest BCUT2D eigenvalue weighted by molar-refractivity contribution is -0.138. The zero-order valence-electron chi connectivity index (χ0n) is 10.6. The Labute approximate surface area is 119 Å². The predicted molar refractivity (Wildman–Crippen MR) is 77.8 cm³/mol. The van der Waals surface area contributed by atoms with E-state index in [4.69, 9.17) is 10.8 Å². The molecule has 0 saturated carbocycles. The first kappa shape index (κ1) is 14.0. The van der Waals surface area contributed by atoms with E-state index >= 15 is 0 Å². The van der Waals surface area contributed by atoms with Crippen molar-refractivity contribution in [2.24, 2.45) is 5.73 Å². The molecule has 0 aliphatic rings. The van der Waals surface area contributed by atoms with Gasteiger partial charge in [0.25, 0.3) is 0 Å². The minimum atomic E-state index is -1.07. The van der Waals surface area contributed by atoms with E-state index in [1.54, 1.807) is 16.7 Å². The van der Waals surface area contributed by atoms with Gasteiger partial charge in [0.15, 0.2) is 5.13 Å². The molecular weight excluding hydrogens is 282 g/mol. The number of aryl methyl sites for hydroxylation is 1. The summed E-state index contributed by atoms with van der Waals surface area (Å²) in [6.07, 6.45) is 0. The molecule has 2 rings (SSSR count). The number of aliphatic carboxylic acids is 1. The monoisotopic (exact) mass is 297 g/mol. The van der Waals surface area contributed by atoms with Crippen molar-refractivity contribution >= 4 is 33.8 Å². The molecule has 2 aromatic rings. The number of anilines is 1. The average molecular weight is 297 g/mol. The lowest BCUT2D eigenvalue weighted by Crippen LogP contribution is -2.21. The van der Waals surface area contributed by atoms with Crippen molar-refractivity contribution in [1.82, 2.24) is 4.98 Å². The fraction of sp³-hybridized carbons (Fsp3) is 0.333. The number of rotatable bonds is 5. The first-order valence-corrected chi connectivity index (χ1v) is 7.43. The molecule has 2 aromatic heterocycles. The lowest BCUT2D eigenvalue weighted by atomic mass is 10.2. The molecule has 0 spiro atoms. The summed E-state index contributed by atoms with van der Waals surface area (Å²) in [4.78, 5) is 17.5. The van der Waals surface area contributed by atoms with Crippen LogP contribution in [-0.4, -0.2) is 16.1 Å². The van der Waals surface area contributed by atoms with Crippen LogP contribution in [0.25, 0.3) is 0 Å². The molecule has 0 radical (unpaired) electrons. The molecule has 2 heterocycles. The van der Waals surface area contributed by atoms with Gasteiger partial charge in [-0.3, -0.25) is 4.79 Å². The van der Waals surface area contributed by atoms with E-state index in [2.05, 4.69) is 29.4 Å². The first-order chi connectivity index (χ1) is 8.97. The zero-order valence-corrected chi connectivity index (χ0v) is 12.2. The second-order valence-corrected chi connectivity index (χ2v) is 6.39. The van der Waals surface area contributed by atoms with E-state index in [0.717, 1.165) is 0 Å². The Kier molecular flexibility index (Phi) is 4.18. The van der Waals surface area contributed by atoms with Gasteiger partial charge in [-0.05, 0) is 26.0 Å². The number of thiazole rings is 1. The number of nitrogens with one attached hydrogen (secondary N) is 1. The number of nitrogens with zero attached hydrogens (tertiary/aromatic N) is 1. The van der Waals surface area contributed by atoms with Crippen molar-refractivity contribution < 1.29 is 9.90 Å². The highest BCUT2D eigenvalue weighted by atomic mass is 32.1. The molecule has 0 fully saturated rings. The largest absolute Gasteiger partial charge is 0.480 e. The number of thiophene rings is 1. The standard InChI is InChI=1S/C12H15N3O2S2/c1-6-3-4-9(19-6)7(2)14-12-15-8(5-18-12)10(13)11(16)17/h3-5,7,10H,13H2,1-2H3,(H,14,15)(H,16,17). The van der Waals surface area contributed by atoms with E-state index in [0.29, 0.717) is 10.8 Å². The van der Waals surface area contributed by atoms with Gasteiger partial charge >= 0.3 is 5.97 Å². The van der Waals surface area contributed by atoms with Crippen LogP contribution in [0, 0.1) is 6.92 Å². The third-order valence-electron chi connectivity index (χ3n) is 2.63. The van der Waals surface area contributed by atoms with Crippen LogP contribution < -0.4 is 11.1 Å². The molecule has 102 valence electrons. The van der Waals surface area contributed by atoms with E-state index in [1.807, 2.05) is 6.92 Å². The summed E-state index contributed by atoms with van der Waals surface area (Å²) < 4.78 is 0. The van der Waals surface area contributed by atoms with Gasteiger partial charge in [0, 0.05) is 15.1 Å². The van der Waals surface area contributed by atoms with Crippen molar-refractivity contribution in [3.63, 3.8) is 0 Å². The number of nitrogens with two attached hydrogens (primary N) is 1. The van der Waals surface area contributed by atoms with Gasteiger partial charge < -0.3 is 16.2 Å². The second kappa shape index (κ2) is 5.68. The first-order valence-electron chi connectivity index (χ1n) is 5.74. The molecule has 0 aliphatic carbocycles. The van der Waals surface area contributed by atoms with Crippen LogP contribution in [0.5, 0.6) is 0 Å². The summed E-state index contributed by atoms with van der Waals surface area (Å²) >= 11 is 3.09. The molecule has 7 heteroatoms. The normalized spacial score (nSPS) is 14.1. The minimum Gasteiger partial charge on any atom is -0.480 e. The topological polar surface area (TPSA) is 88.2 Å². The molecule has 0 aliphatic heterocycles. The van der Waals surface area contributed by atoms with Gasteiger partial charge in [0.05, 0.1) is 11.7 Å². The quantitative estimate of drug-likeness (QED) is 0.789. The van der Waals surface area contributed by atoms with Crippen LogP contribution in [0.2, 0.25) is 0 Å². The fourth-order valence-electron chi connectivity index (χ4n) is 1.56. The highest BCUT2D eigenvalue weighted by Crippen LogP contribution is 2.28. The van der Waals surface area contributed by atoms with E-state index < -0.39 is 12.0 Å². The van der Waals surface area contributed by atoms with Gasteiger partial charge in [0.2, 0.25) is 0 Å². The molecule has 0 amide bonds. The summed E-state index contributed by atoms with van der Waals surface area (Å²) in [5.74, 6) is -1.07. The summed E-state index contributed by atoms with van der Waals surface area (Å²) in [7, 11) is 0. The summed E-state index contributed by atoms with van der Waals surface area (Å²) in [6, 6.07) is 3.23. The van der Waals surface area contributed by atoms with Crippen molar-refractivity contribution in [1.29, 1.82) is 0 Å². The number of hydrogen-bond donors (Lipinski definition) is 3. The SMILES string of the molecule is Cc1ccc(C(C)Nc2nc(C(N)C(=O)O)cs2)s1. The molecule has 2 atom stereocenters. The number of aromatic nitrogens is 1. The molecule has 19 heavy (non-hydrogen) atoms. The van der Waals surface area contributed by atoms with Crippen LogP contribution in [0.3, 0.4) is 0 Å². The Bertz CT molecular complexity index is 579. The van der Waals surface area contributed by atoms with E-state index in [9.17, 15) is 4.79 Å². The molecule has 0 saturated heterocycles. The highest BCUT2D eigenvalue weighted by Gasteiger charge is 2.18. The van der Waals surface area contributed by atoms with Crippen LogP contribution >= 0.6 is 22.7 Å². The predicted octanol–water partition coefficient (Wildman–Crippen LogP) is 2.77. The van der Waals surface area contributed by atoms with Crippen LogP contribution in [-0.2, 0) is 4.79 Å². The smallest absolute Gasteiger partial charge is 0.326 e. The summed E-state index contributed by atoms with van der Waals surface area (Å²) in [5, 5.41) is 14.4. The Morgan fingerprint density at radius 2 is 2.26 bits per heavy atom. The average Bonchev–Trinajstić information content (AvgIpc) is 2.97. The van der Waals surface area contributed by atoms with Gasteiger partial charge in [-0.2, -0.15) is 0 Å². The maximum atomic E-state index is 10.8. The summed E-state index contributed by atoms with van der Waals surface area (Å²) in [6.45, 7) is 4.11. The highest BCUT2D eigenvalue weighted by molar-refractivity contribution is 7.14. The number of carboxylic acids is 1. The van der Waals surface area contributed by atoms with Crippen molar-refractivity contribution in [2.45, 2.75) is 25.9 Å². The fourth-order valence-corrected chi connectivity index (χ4v) is 3.28. The van der Waals surface area contributed by atoms with Gasteiger partial charge in [0.1, 0.15) is 6.04 Å². The third-order valence-corrected chi connectivity index (χ3v) is 4.61. The van der Waals surface area contributed by atoms with Gasteiger partial charge in [-0.25, -0.2) is 4.98 Å². The molecule has 0 aromatic carbocycles. The maximum absolute atomic E-state index is 10.8. The third kappa shape index (κ3) is 3.31. The van der Waals surface area contributed by atoms with E-state index in [-0.39, 0.29) is 6.04 Å². The summed E-state index contributed by atoms with van der Waals surface area (Å²) in [5.41, 5.74) is 5.90.